The van der Waals surface area contributed by atoms with Crippen molar-refractivity contribution in [3.8, 4) is 11.1 Å². The first kappa shape index (κ1) is 38.4. The van der Waals surface area contributed by atoms with E-state index in [-0.39, 0.29) is 11.7 Å². The van der Waals surface area contributed by atoms with Crippen molar-refractivity contribution < 1.29 is 55.7 Å². The lowest BCUT2D eigenvalue weighted by molar-refractivity contribution is -0.193. The first-order valence-corrected chi connectivity index (χ1v) is 14.0. The average molecular weight is 670 g/mol. The molecule has 0 bridgehead atoms. The molecule has 0 aliphatic carbocycles. The molecular weight excluding hydrogens is 636 g/mol. The molecule has 3 aromatic carbocycles. The Kier molecular flexibility index (Phi) is 14.1. The minimum absolute atomic E-state index is 0.0500. The molecule has 3 aromatic rings. The minimum atomic E-state index is -5.08. The summed E-state index contributed by atoms with van der Waals surface area (Å²) in [5, 5.41) is 20.7. The van der Waals surface area contributed by atoms with Gasteiger partial charge in [-0.15, -0.1) is 0 Å². The summed E-state index contributed by atoms with van der Waals surface area (Å²) < 4.78 is 63.5. The highest BCUT2D eigenvalue weighted by molar-refractivity contribution is 5.99. The Morgan fingerprint density at radius 2 is 1.30 bits per heavy atom. The number of carboxylic acid groups (broad SMARTS) is 2. The van der Waals surface area contributed by atoms with Crippen LogP contribution in [0.4, 0.5) is 26.3 Å². The number of alkyl halides is 6. The van der Waals surface area contributed by atoms with Gasteiger partial charge in [-0.1, -0.05) is 48.5 Å². The van der Waals surface area contributed by atoms with Gasteiger partial charge in [0.05, 0.1) is 0 Å². The number of piperazine rings is 1. The van der Waals surface area contributed by atoms with E-state index in [1.165, 1.54) is 18.1 Å². The van der Waals surface area contributed by atoms with Crippen molar-refractivity contribution in [2.45, 2.75) is 45.3 Å². The monoisotopic (exact) mass is 669 g/mol. The zero-order chi connectivity index (χ0) is 35.4. The van der Waals surface area contributed by atoms with Crippen LogP contribution in [0.15, 0.2) is 72.8 Å². The lowest BCUT2D eigenvalue weighted by Crippen LogP contribution is -2.48. The van der Waals surface area contributed by atoms with Crippen molar-refractivity contribution in [3.05, 3.63) is 95.1 Å². The quantitative estimate of drug-likeness (QED) is 0.190. The van der Waals surface area contributed by atoms with Crippen LogP contribution >= 0.6 is 0 Å². The first-order chi connectivity index (χ1) is 21.9. The molecule has 0 saturated carbocycles. The third-order valence-electron chi connectivity index (χ3n) is 6.52. The van der Waals surface area contributed by atoms with Crippen molar-refractivity contribution in [2.24, 2.45) is 0 Å². The first-order valence-electron chi connectivity index (χ1n) is 14.0. The van der Waals surface area contributed by atoms with Gasteiger partial charge in [-0.3, -0.25) is 14.5 Å². The highest BCUT2D eigenvalue weighted by Gasteiger charge is 2.38. The number of amides is 1. The second kappa shape index (κ2) is 17.2. The molecule has 15 heteroatoms. The van der Waals surface area contributed by atoms with Crippen molar-refractivity contribution >= 4 is 23.6 Å². The van der Waals surface area contributed by atoms with Gasteiger partial charge < -0.3 is 20.8 Å². The maximum absolute atomic E-state index is 12.6. The highest BCUT2D eigenvalue weighted by atomic mass is 19.4. The summed E-state index contributed by atoms with van der Waals surface area (Å²) in [7, 11) is 0. The molecule has 1 fully saturated rings. The Bertz CT molecular complexity index is 1520. The van der Waals surface area contributed by atoms with E-state index < -0.39 is 24.3 Å². The van der Waals surface area contributed by atoms with Gasteiger partial charge in [-0.25, -0.2) is 9.59 Å². The lowest BCUT2D eigenvalue weighted by atomic mass is 10.0. The summed E-state index contributed by atoms with van der Waals surface area (Å²) in [6, 6.07) is 24.3. The Labute approximate surface area is 266 Å². The summed E-state index contributed by atoms with van der Waals surface area (Å²) in [4.78, 5) is 44.4. The van der Waals surface area contributed by atoms with Crippen molar-refractivity contribution in [1.29, 1.82) is 0 Å². The standard InChI is InChI=1S/C28H31N3O2.2C2HF3O2/c1-20-18-31(13-12-29-20)19-23-7-4-10-26(15-23)25-9-3-6-22(14-25)17-30-28(33)27-11-5-8-24(16-27)21(2)32;2*3-2(4,5)1(6)7/h3-11,14-16,20,29H,12-13,17-19H2,1-2H3,(H,30,33);2*(H,6,7)/t20-;;/m0../s1. The van der Waals surface area contributed by atoms with Gasteiger partial charge >= 0.3 is 24.3 Å². The molecule has 1 heterocycles. The van der Waals surface area contributed by atoms with Crippen LogP contribution in [0.1, 0.15) is 45.7 Å². The summed E-state index contributed by atoms with van der Waals surface area (Å²) in [5.41, 5.74) is 5.69. The van der Waals surface area contributed by atoms with Crippen LogP contribution in [0, 0.1) is 0 Å². The summed E-state index contributed by atoms with van der Waals surface area (Å²) in [5.74, 6) is -5.75. The van der Waals surface area contributed by atoms with Crippen LogP contribution < -0.4 is 10.6 Å². The number of Topliss-reactive ketones (excluding diaryl/α,β-unsaturated/α-hetero) is 1. The van der Waals surface area contributed by atoms with Gasteiger partial charge in [0, 0.05) is 49.9 Å². The van der Waals surface area contributed by atoms with E-state index in [2.05, 4.69) is 58.9 Å². The summed E-state index contributed by atoms with van der Waals surface area (Å²) in [6.07, 6.45) is -10.2. The number of hydrogen-bond donors (Lipinski definition) is 4. The number of carboxylic acids is 2. The van der Waals surface area contributed by atoms with Gasteiger partial charge in [0.15, 0.2) is 5.78 Å². The van der Waals surface area contributed by atoms with Gasteiger partial charge in [-0.2, -0.15) is 26.3 Å². The normalized spacial score (nSPS) is 14.9. The zero-order valence-corrected chi connectivity index (χ0v) is 25.3. The molecular formula is C32H33F6N3O6. The fourth-order valence-corrected chi connectivity index (χ4v) is 4.29. The van der Waals surface area contributed by atoms with Crippen LogP contribution in [0.5, 0.6) is 0 Å². The number of carbonyl (C=O) groups excluding carboxylic acids is 2. The topological polar surface area (TPSA) is 136 Å². The molecule has 0 unspecified atom stereocenters. The van der Waals surface area contributed by atoms with E-state index in [1.807, 2.05) is 12.1 Å². The van der Waals surface area contributed by atoms with Crippen molar-refractivity contribution in [3.63, 3.8) is 0 Å². The summed E-state index contributed by atoms with van der Waals surface area (Å²) in [6.45, 7) is 8.28. The van der Waals surface area contributed by atoms with E-state index in [0.717, 1.165) is 37.3 Å². The molecule has 0 aromatic heterocycles. The Hall–Kier alpha value is -4.76. The molecule has 1 aliphatic rings. The number of nitrogens with one attached hydrogen (secondary N) is 2. The zero-order valence-electron chi connectivity index (χ0n) is 25.3. The van der Waals surface area contributed by atoms with E-state index in [0.29, 0.717) is 23.7 Å². The van der Waals surface area contributed by atoms with E-state index >= 15 is 0 Å². The van der Waals surface area contributed by atoms with Crippen molar-refractivity contribution in [1.82, 2.24) is 15.5 Å². The van der Waals surface area contributed by atoms with Crippen LogP contribution in [0.2, 0.25) is 0 Å². The lowest BCUT2D eigenvalue weighted by Gasteiger charge is -2.31. The Morgan fingerprint density at radius 1 is 0.809 bits per heavy atom. The Balaban J connectivity index is 0.000000459. The number of hydrogen-bond acceptors (Lipinski definition) is 6. The molecule has 254 valence electrons. The number of nitrogens with zero attached hydrogens (tertiary/aromatic N) is 1. The Morgan fingerprint density at radius 3 is 1.81 bits per heavy atom. The molecule has 1 saturated heterocycles. The molecule has 4 rings (SSSR count). The van der Waals surface area contributed by atoms with Gasteiger partial charge in [0.1, 0.15) is 0 Å². The number of carbonyl (C=O) groups is 4. The van der Waals surface area contributed by atoms with E-state index in [4.69, 9.17) is 19.8 Å². The fourth-order valence-electron chi connectivity index (χ4n) is 4.29. The van der Waals surface area contributed by atoms with E-state index in [9.17, 15) is 35.9 Å². The van der Waals surface area contributed by atoms with Crippen LogP contribution in [0.25, 0.3) is 11.1 Å². The van der Waals surface area contributed by atoms with E-state index in [1.54, 1.807) is 24.3 Å². The maximum Gasteiger partial charge on any atom is 0.490 e. The molecule has 1 aliphatic heterocycles. The predicted octanol–water partition coefficient (Wildman–Crippen LogP) is 5.55. The number of benzene rings is 3. The molecule has 4 N–H and O–H groups in total. The maximum atomic E-state index is 12.6. The number of rotatable bonds is 7. The number of halogens is 6. The van der Waals surface area contributed by atoms with Crippen LogP contribution in [-0.2, 0) is 22.7 Å². The second-order valence-electron chi connectivity index (χ2n) is 10.4. The summed E-state index contributed by atoms with van der Waals surface area (Å²) >= 11 is 0. The third-order valence-corrected chi connectivity index (χ3v) is 6.52. The van der Waals surface area contributed by atoms with Gasteiger partial charge in [-0.05, 0) is 60.4 Å². The number of aliphatic carboxylic acids is 2. The average Bonchev–Trinajstić information content (AvgIpc) is 3.00. The molecule has 47 heavy (non-hydrogen) atoms. The smallest absolute Gasteiger partial charge is 0.475 e. The predicted molar refractivity (Wildman–Crippen MR) is 160 cm³/mol. The van der Waals surface area contributed by atoms with Crippen LogP contribution in [0.3, 0.4) is 0 Å². The van der Waals surface area contributed by atoms with Gasteiger partial charge in [0.2, 0.25) is 0 Å². The van der Waals surface area contributed by atoms with Crippen LogP contribution in [-0.4, -0.2) is 76.8 Å². The number of ketones is 1. The second-order valence-corrected chi connectivity index (χ2v) is 10.4. The molecule has 0 spiro atoms. The fraction of sp³-hybridized carbons (Fsp3) is 0.312. The molecule has 1 atom stereocenters. The molecule has 9 nitrogen and oxygen atoms in total. The van der Waals surface area contributed by atoms with Gasteiger partial charge in [0.25, 0.3) is 5.91 Å². The van der Waals surface area contributed by atoms with Crippen molar-refractivity contribution in [2.75, 3.05) is 19.6 Å². The largest absolute Gasteiger partial charge is 0.490 e. The molecule has 1 amide bonds. The minimum Gasteiger partial charge on any atom is -0.475 e. The highest BCUT2D eigenvalue weighted by Crippen LogP contribution is 2.23. The SMILES string of the molecule is CC(=O)c1cccc(C(=O)NCc2cccc(-c3cccc(CN4CCN[C@@H](C)C4)c3)c2)c1.O=C(O)C(F)(F)F.O=C(O)C(F)(F)F. The third kappa shape index (κ3) is 13.6. The molecule has 0 radical (unpaired) electrons.